The van der Waals surface area contributed by atoms with Gasteiger partial charge in [-0.05, 0) is 32.9 Å². The van der Waals surface area contributed by atoms with Crippen molar-refractivity contribution in [1.29, 1.82) is 0 Å². The number of hydrogen-bond donors (Lipinski definition) is 1. The van der Waals surface area contributed by atoms with Gasteiger partial charge in [0, 0.05) is 5.69 Å². The minimum absolute atomic E-state index is 0.0676. The van der Waals surface area contributed by atoms with Crippen molar-refractivity contribution < 1.29 is 13.8 Å². The molecule has 1 aliphatic rings. The standard InChI is InChI=1S/C13H18NO3PS/c1-10-9-16-18(17-10)13(2,3)14(12(15)19)11-7-5-4-6-8-11/h4-8,10H,9H2,1-3H3,(H,15,19). The summed E-state index contributed by atoms with van der Waals surface area (Å²) in [7, 11) is -1.17. The van der Waals surface area contributed by atoms with Gasteiger partial charge in [0.2, 0.25) is 0 Å². The first-order valence-corrected chi connectivity index (χ1v) is 7.73. The third kappa shape index (κ3) is 3.11. The summed E-state index contributed by atoms with van der Waals surface area (Å²) in [6.07, 6.45) is 0.0676. The first kappa shape index (κ1) is 14.8. The molecule has 2 atom stereocenters. The lowest BCUT2D eigenvalue weighted by Gasteiger charge is -2.39. The third-order valence-corrected chi connectivity index (χ3v) is 5.13. The molecular formula is C13H18NO3PS. The van der Waals surface area contributed by atoms with Crippen molar-refractivity contribution in [3.63, 3.8) is 0 Å². The van der Waals surface area contributed by atoms with Crippen LogP contribution < -0.4 is 4.90 Å². The van der Waals surface area contributed by atoms with E-state index in [1.165, 1.54) is 0 Å². The molecule has 0 radical (unpaired) electrons. The number of para-hydroxylation sites is 1. The molecule has 2 unspecified atom stereocenters. The molecule has 4 nitrogen and oxygen atoms in total. The van der Waals surface area contributed by atoms with Gasteiger partial charge in [0.05, 0.1) is 12.7 Å². The van der Waals surface area contributed by atoms with Crippen LogP contribution in [0.4, 0.5) is 10.5 Å². The fourth-order valence-corrected chi connectivity index (χ4v) is 4.18. The number of carbonyl (C=O) groups is 1. The topological polar surface area (TPSA) is 38.8 Å². The fraction of sp³-hybridized carbons (Fsp3) is 0.462. The zero-order valence-corrected chi connectivity index (χ0v) is 13.0. The van der Waals surface area contributed by atoms with E-state index >= 15 is 0 Å². The molecule has 0 saturated carbocycles. The summed E-state index contributed by atoms with van der Waals surface area (Å²) in [5, 5.41) is -0.884. The molecule has 1 aromatic carbocycles. The molecule has 104 valence electrons. The number of amides is 1. The maximum absolute atomic E-state index is 11.9. The molecule has 0 aromatic heterocycles. The average Bonchev–Trinajstić information content (AvgIpc) is 2.77. The van der Waals surface area contributed by atoms with Crippen LogP contribution in [0.1, 0.15) is 20.8 Å². The number of carbonyl (C=O) groups excluding carboxylic acids is 1. The lowest BCUT2D eigenvalue weighted by molar-refractivity contribution is 0.257. The summed E-state index contributed by atoms with van der Waals surface area (Å²) in [5.74, 6) is 0. The monoisotopic (exact) mass is 299 g/mol. The SMILES string of the molecule is CC1COP(C(C)(C)N(C(=O)S)c2ccccc2)O1. The minimum atomic E-state index is -1.17. The van der Waals surface area contributed by atoms with Crippen molar-refractivity contribution in [2.24, 2.45) is 0 Å². The van der Waals surface area contributed by atoms with Crippen molar-refractivity contribution in [1.82, 2.24) is 0 Å². The molecule has 0 aliphatic carbocycles. The molecule has 1 aromatic rings. The minimum Gasteiger partial charge on any atom is -0.330 e. The summed E-state index contributed by atoms with van der Waals surface area (Å²) >= 11 is 4.00. The Bertz CT molecular complexity index is 454. The number of nitrogens with zero attached hydrogens (tertiary/aromatic N) is 1. The van der Waals surface area contributed by atoms with Crippen LogP contribution in [0.5, 0.6) is 0 Å². The van der Waals surface area contributed by atoms with Crippen LogP contribution >= 0.6 is 21.0 Å². The van der Waals surface area contributed by atoms with E-state index in [2.05, 4.69) is 12.6 Å². The first-order valence-electron chi connectivity index (χ1n) is 6.11. The smallest absolute Gasteiger partial charge is 0.283 e. The van der Waals surface area contributed by atoms with Gasteiger partial charge in [-0.3, -0.25) is 9.69 Å². The van der Waals surface area contributed by atoms with Gasteiger partial charge in [-0.15, -0.1) is 0 Å². The normalized spacial score (nSPS) is 23.4. The Hall–Kier alpha value is -0.610. The Labute approximate surface area is 120 Å². The van der Waals surface area contributed by atoms with Crippen LogP contribution in [0.25, 0.3) is 0 Å². The highest BCUT2D eigenvalue weighted by molar-refractivity contribution is 7.97. The first-order chi connectivity index (χ1) is 8.93. The van der Waals surface area contributed by atoms with Gasteiger partial charge < -0.3 is 9.05 Å². The molecule has 1 aliphatic heterocycles. The zero-order chi connectivity index (χ0) is 14.0. The van der Waals surface area contributed by atoms with Gasteiger partial charge in [-0.2, -0.15) is 0 Å². The number of hydrogen-bond acceptors (Lipinski definition) is 3. The molecule has 1 heterocycles. The van der Waals surface area contributed by atoms with E-state index in [1.54, 1.807) is 4.90 Å². The number of thiol groups is 1. The summed E-state index contributed by atoms with van der Waals surface area (Å²) in [6, 6.07) is 9.45. The van der Waals surface area contributed by atoms with Crippen molar-refractivity contribution in [2.45, 2.75) is 32.2 Å². The maximum atomic E-state index is 11.9. The van der Waals surface area contributed by atoms with E-state index in [0.717, 1.165) is 5.69 Å². The van der Waals surface area contributed by atoms with Crippen LogP contribution in [0.15, 0.2) is 30.3 Å². The van der Waals surface area contributed by atoms with Gasteiger partial charge in [-0.1, -0.05) is 30.8 Å². The molecule has 6 heteroatoms. The Morgan fingerprint density at radius 1 is 1.42 bits per heavy atom. The van der Waals surface area contributed by atoms with Crippen LogP contribution in [0.2, 0.25) is 0 Å². The molecule has 19 heavy (non-hydrogen) atoms. The van der Waals surface area contributed by atoms with E-state index in [0.29, 0.717) is 6.61 Å². The molecule has 0 spiro atoms. The second-order valence-electron chi connectivity index (χ2n) is 4.92. The highest BCUT2D eigenvalue weighted by Crippen LogP contribution is 2.58. The Balaban J connectivity index is 2.31. The number of benzene rings is 1. The van der Waals surface area contributed by atoms with Crippen molar-refractivity contribution in [3.8, 4) is 0 Å². The summed E-state index contributed by atoms with van der Waals surface area (Å²) < 4.78 is 11.5. The number of rotatable bonds is 3. The van der Waals surface area contributed by atoms with Crippen molar-refractivity contribution in [2.75, 3.05) is 11.5 Å². The predicted molar refractivity (Wildman–Crippen MR) is 80.8 cm³/mol. The second-order valence-corrected chi connectivity index (χ2v) is 7.38. The van der Waals surface area contributed by atoms with Gasteiger partial charge in [0.25, 0.3) is 5.24 Å². The van der Waals surface area contributed by atoms with Gasteiger partial charge in [0.1, 0.15) is 5.28 Å². The van der Waals surface area contributed by atoms with Crippen LogP contribution in [-0.4, -0.2) is 23.2 Å². The van der Waals surface area contributed by atoms with Gasteiger partial charge >= 0.3 is 0 Å². The Morgan fingerprint density at radius 2 is 2.05 bits per heavy atom. The van der Waals surface area contributed by atoms with E-state index in [9.17, 15) is 4.79 Å². The summed E-state index contributed by atoms with van der Waals surface area (Å²) in [6.45, 7) is 6.42. The van der Waals surface area contributed by atoms with E-state index in [-0.39, 0.29) is 11.3 Å². The molecule has 1 fully saturated rings. The lowest BCUT2D eigenvalue weighted by atomic mass is 10.2. The highest BCUT2D eigenvalue weighted by Gasteiger charge is 2.44. The van der Waals surface area contributed by atoms with Crippen LogP contribution in [-0.2, 0) is 9.05 Å². The fourth-order valence-electron chi connectivity index (χ4n) is 2.00. The molecule has 2 rings (SSSR count). The highest BCUT2D eigenvalue weighted by atomic mass is 32.1. The maximum Gasteiger partial charge on any atom is 0.283 e. The van der Waals surface area contributed by atoms with Crippen LogP contribution in [0.3, 0.4) is 0 Å². The molecule has 0 N–H and O–H groups in total. The Kier molecular flexibility index (Phi) is 4.51. The molecular weight excluding hydrogens is 281 g/mol. The molecule has 0 bridgehead atoms. The molecule has 1 saturated heterocycles. The summed E-state index contributed by atoms with van der Waals surface area (Å²) in [4.78, 5) is 13.5. The second kappa shape index (κ2) is 5.80. The lowest BCUT2D eigenvalue weighted by Crippen LogP contribution is -2.44. The average molecular weight is 299 g/mol. The van der Waals surface area contributed by atoms with Crippen molar-refractivity contribution in [3.05, 3.63) is 30.3 Å². The van der Waals surface area contributed by atoms with Crippen molar-refractivity contribution >= 4 is 31.9 Å². The van der Waals surface area contributed by atoms with Gasteiger partial charge in [0.15, 0.2) is 8.38 Å². The van der Waals surface area contributed by atoms with Crippen LogP contribution in [0, 0.1) is 0 Å². The molecule has 1 amide bonds. The largest absolute Gasteiger partial charge is 0.330 e. The van der Waals surface area contributed by atoms with E-state index in [1.807, 2.05) is 51.1 Å². The third-order valence-electron chi connectivity index (χ3n) is 2.90. The quantitative estimate of drug-likeness (QED) is 0.676. The summed E-state index contributed by atoms with van der Waals surface area (Å²) in [5.41, 5.74) is 0.793. The van der Waals surface area contributed by atoms with E-state index < -0.39 is 13.7 Å². The number of anilines is 1. The predicted octanol–water partition coefficient (Wildman–Crippen LogP) is 4.03. The van der Waals surface area contributed by atoms with E-state index in [4.69, 9.17) is 9.05 Å². The van der Waals surface area contributed by atoms with Gasteiger partial charge in [-0.25, -0.2) is 0 Å². The Morgan fingerprint density at radius 3 is 2.53 bits per heavy atom. The zero-order valence-electron chi connectivity index (χ0n) is 11.2.